The first-order chi connectivity index (χ1) is 9.76. The van der Waals surface area contributed by atoms with Crippen molar-refractivity contribution < 1.29 is 19.0 Å². The Morgan fingerprint density at radius 3 is 1.85 bits per heavy atom. The molecule has 0 atom stereocenters. The molecule has 102 valence electrons. The zero-order chi connectivity index (χ0) is 14.1. The first-order valence-corrected chi connectivity index (χ1v) is 6.26. The molecule has 20 heavy (non-hydrogen) atoms. The zero-order valence-corrected chi connectivity index (χ0v) is 11.3. The third kappa shape index (κ3) is 1.90. The number of fused-ring (bicyclic) bond motifs is 2. The van der Waals surface area contributed by atoms with E-state index in [0.717, 1.165) is 17.4 Å². The summed E-state index contributed by atoms with van der Waals surface area (Å²) < 4.78 is 16.3. The molecule has 4 nitrogen and oxygen atoms in total. The Morgan fingerprint density at radius 2 is 1.45 bits per heavy atom. The van der Waals surface area contributed by atoms with Crippen LogP contribution in [-0.2, 0) is 4.79 Å². The van der Waals surface area contributed by atoms with Crippen molar-refractivity contribution in [2.75, 3.05) is 14.2 Å². The van der Waals surface area contributed by atoms with Gasteiger partial charge in [0.15, 0.2) is 0 Å². The van der Waals surface area contributed by atoms with Gasteiger partial charge in [0, 0.05) is 11.1 Å². The second kappa shape index (κ2) is 4.89. The van der Waals surface area contributed by atoms with Crippen LogP contribution in [0, 0.1) is 0 Å². The van der Waals surface area contributed by atoms with Crippen LogP contribution in [-0.4, -0.2) is 20.5 Å². The van der Waals surface area contributed by atoms with E-state index in [2.05, 4.69) is 0 Å². The third-order valence-electron chi connectivity index (χ3n) is 3.46. The second-order valence-corrected chi connectivity index (χ2v) is 4.52. The minimum atomic E-state index is -0.376. The average molecular weight is 270 g/mol. The summed E-state index contributed by atoms with van der Waals surface area (Å²) >= 11 is 0. The van der Waals surface area contributed by atoms with Crippen LogP contribution in [0.2, 0.25) is 0 Å². The van der Waals surface area contributed by atoms with E-state index >= 15 is 0 Å². The van der Waals surface area contributed by atoms with Crippen LogP contribution < -0.4 is 14.2 Å². The van der Waals surface area contributed by atoms with Gasteiger partial charge in [0.05, 0.1) is 20.1 Å². The van der Waals surface area contributed by atoms with E-state index in [1.807, 2.05) is 36.4 Å². The van der Waals surface area contributed by atoms with Crippen LogP contribution in [0.1, 0.15) is 17.0 Å². The number of hydrogen-bond donors (Lipinski definition) is 0. The minimum Gasteiger partial charge on any atom is -0.497 e. The molecule has 0 bridgehead atoms. The number of benzene rings is 2. The van der Waals surface area contributed by atoms with Crippen LogP contribution in [0.5, 0.6) is 23.0 Å². The average Bonchev–Trinajstić information content (AvgIpc) is 2.51. The van der Waals surface area contributed by atoms with Crippen molar-refractivity contribution in [3.05, 3.63) is 47.5 Å². The van der Waals surface area contributed by atoms with Crippen molar-refractivity contribution >= 4 is 6.29 Å². The first-order valence-electron chi connectivity index (χ1n) is 6.26. The van der Waals surface area contributed by atoms with Gasteiger partial charge in [-0.3, -0.25) is 0 Å². The van der Waals surface area contributed by atoms with Gasteiger partial charge in [0.1, 0.15) is 29.3 Å². The fourth-order valence-corrected chi connectivity index (χ4v) is 2.41. The minimum absolute atomic E-state index is 0.376. The highest BCUT2D eigenvalue weighted by Crippen LogP contribution is 2.45. The molecule has 3 rings (SSSR count). The lowest BCUT2D eigenvalue weighted by Crippen LogP contribution is -2.11. The summed E-state index contributed by atoms with van der Waals surface area (Å²) in [5.41, 5.74) is 1.61. The Balaban J connectivity index is 2.15. The topological polar surface area (TPSA) is 44.8 Å². The van der Waals surface area contributed by atoms with Crippen molar-refractivity contribution in [2.24, 2.45) is 0 Å². The highest BCUT2D eigenvalue weighted by Gasteiger charge is 2.28. The first kappa shape index (κ1) is 12.5. The molecular weight excluding hydrogens is 256 g/mol. The number of hydrogen-bond acceptors (Lipinski definition) is 4. The zero-order valence-electron chi connectivity index (χ0n) is 11.3. The number of carbonyl (C=O) groups excluding carboxylic acids is 1. The molecule has 0 aromatic heterocycles. The summed E-state index contributed by atoms with van der Waals surface area (Å²) in [6.45, 7) is 0. The van der Waals surface area contributed by atoms with Crippen molar-refractivity contribution in [3.63, 3.8) is 0 Å². The molecule has 2 aromatic rings. The Bertz CT molecular complexity index is 610. The summed E-state index contributed by atoms with van der Waals surface area (Å²) in [5.74, 6) is 2.39. The normalized spacial score (nSPS) is 12.9. The van der Waals surface area contributed by atoms with Gasteiger partial charge in [-0.2, -0.15) is 0 Å². The van der Waals surface area contributed by atoms with Crippen LogP contribution in [0.15, 0.2) is 36.4 Å². The van der Waals surface area contributed by atoms with E-state index in [4.69, 9.17) is 14.2 Å². The van der Waals surface area contributed by atoms with E-state index in [1.54, 1.807) is 14.2 Å². The highest BCUT2D eigenvalue weighted by atomic mass is 16.5. The van der Waals surface area contributed by atoms with Crippen molar-refractivity contribution in [3.8, 4) is 23.0 Å². The lowest BCUT2D eigenvalue weighted by molar-refractivity contribution is -0.108. The number of carbonyl (C=O) groups is 1. The summed E-state index contributed by atoms with van der Waals surface area (Å²) in [6.07, 6.45) is 0.916. The summed E-state index contributed by atoms with van der Waals surface area (Å²) in [7, 11) is 3.19. The molecule has 0 spiro atoms. The SMILES string of the molecule is COc1ccc2c(c1)C(C=O)c1cc(OC)ccc1O2. The second-order valence-electron chi connectivity index (χ2n) is 4.52. The fourth-order valence-electron chi connectivity index (χ4n) is 2.41. The van der Waals surface area contributed by atoms with Gasteiger partial charge in [0.25, 0.3) is 0 Å². The summed E-state index contributed by atoms with van der Waals surface area (Å²) in [5, 5.41) is 0. The lowest BCUT2D eigenvalue weighted by atomic mass is 9.89. The van der Waals surface area contributed by atoms with E-state index in [9.17, 15) is 4.79 Å². The summed E-state index contributed by atoms with van der Waals surface area (Å²) in [4.78, 5) is 11.5. The number of methoxy groups -OCH3 is 2. The molecule has 0 saturated heterocycles. The number of rotatable bonds is 3. The molecule has 2 aromatic carbocycles. The van der Waals surface area contributed by atoms with Gasteiger partial charge in [-0.25, -0.2) is 0 Å². The molecule has 1 aliphatic rings. The Morgan fingerprint density at radius 1 is 0.950 bits per heavy atom. The van der Waals surface area contributed by atoms with Gasteiger partial charge in [-0.15, -0.1) is 0 Å². The van der Waals surface area contributed by atoms with Crippen LogP contribution in [0.4, 0.5) is 0 Å². The maximum absolute atomic E-state index is 11.5. The van der Waals surface area contributed by atoms with Gasteiger partial charge in [-0.05, 0) is 36.4 Å². The monoisotopic (exact) mass is 270 g/mol. The molecule has 0 saturated carbocycles. The van der Waals surface area contributed by atoms with Gasteiger partial charge in [-0.1, -0.05) is 0 Å². The molecule has 4 heteroatoms. The van der Waals surface area contributed by atoms with Crippen molar-refractivity contribution in [2.45, 2.75) is 5.92 Å². The smallest absolute Gasteiger partial charge is 0.132 e. The van der Waals surface area contributed by atoms with Crippen molar-refractivity contribution in [1.29, 1.82) is 0 Å². The van der Waals surface area contributed by atoms with E-state index in [0.29, 0.717) is 23.0 Å². The third-order valence-corrected chi connectivity index (χ3v) is 3.46. The number of aldehydes is 1. The quantitative estimate of drug-likeness (QED) is 0.804. The van der Waals surface area contributed by atoms with Crippen LogP contribution in [0.25, 0.3) is 0 Å². The molecule has 1 heterocycles. The maximum Gasteiger partial charge on any atom is 0.132 e. The van der Waals surface area contributed by atoms with Gasteiger partial charge < -0.3 is 19.0 Å². The Hall–Kier alpha value is -2.49. The van der Waals surface area contributed by atoms with Crippen LogP contribution in [0.3, 0.4) is 0 Å². The lowest BCUT2D eigenvalue weighted by Gasteiger charge is -2.25. The molecule has 0 N–H and O–H groups in total. The summed E-state index contributed by atoms with van der Waals surface area (Å²) in [6, 6.07) is 10.9. The molecule has 0 amide bonds. The van der Waals surface area contributed by atoms with Gasteiger partial charge >= 0.3 is 0 Å². The molecule has 0 aliphatic carbocycles. The Kier molecular flexibility index (Phi) is 3.06. The van der Waals surface area contributed by atoms with E-state index in [-0.39, 0.29) is 5.92 Å². The largest absolute Gasteiger partial charge is 0.497 e. The number of ether oxygens (including phenoxy) is 3. The maximum atomic E-state index is 11.5. The predicted octanol–water partition coefficient (Wildman–Crippen LogP) is 3.14. The van der Waals surface area contributed by atoms with Crippen molar-refractivity contribution in [1.82, 2.24) is 0 Å². The predicted molar refractivity (Wildman–Crippen MR) is 74.0 cm³/mol. The molecule has 0 unspecified atom stereocenters. The van der Waals surface area contributed by atoms with E-state index < -0.39 is 0 Å². The molecule has 0 radical (unpaired) electrons. The highest BCUT2D eigenvalue weighted by molar-refractivity contribution is 5.75. The molecular formula is C16H14O4. The fraction of sp³-hybridized carbons (Fsp3) is 0.188. The molecule has 0 fully saturated rings. The van der Waals surface area contributed by atoms with E-state index in [1.165, 1.54) is 0 Å². The molecule has 1 aliphatic heterocycles. The Labute approximate surface area is 116 Å². The standard InChI is InChI=1S/C16H14O4/c1-18-10-3-5-15-12(7-10)14(9-17)13-8-11(19-2)4-6-16(13)20-15/h3-9,14H,1-2H3. The van der Waals surface area contributed by atoms with Gasteiger partial charge in [0.2, 0.25) is 0 Å². The van der Waals surface area contributed by atoms with Crippen LogP contribution >= 0.6 is 0 Å².